The van der Waals surface area contributed by atoms with Gasteiger partial charge < -0.3 is 15.4 Å². The predicted molar refractivity (Wildman–Crippen MR) is 87.7 cm³/mol. The van der Waals surface area contributed by atoms with Gasteiger partial charge in [0.2, 0.25) is 0 Å². The van der Waals surface area contributed by atoms with Crippen LogP contribution in [0.4, 0.5) is 5.69 Å². The van der Waals surface area contributed by atoms with Crippen molar-refractivity contribution >= 4 is 34.8 Å². The fourth-order valence-corrected chi connectivity index (χ4v) is 2.39. The maximum absolute atomic E-state index is 11.9. The summed E-state index contributed by atoms with van der Waals surface area (Å²) in [7, 11) is 1.47. The molecule has 23 heavy (non-hydrogen) atoms. The Morgan fingerprint density at radius 1 is 1.13 bits per heavy atom. The van der Waals surface area contributed by atoms with Crippen molar-refractivity contribution in [2.24, 2.45) is 0 Å². The smallest absolute Gasteiger partial charge is 0.338 e. The van der Waals surface area contributed by atoms with E-state index in [0.29, 0.717) is 16.1 Å². The second kappa shape index (κ2) is 7.55. The predicted octanol–water partition coefficient (Wildman–Crippen LogP) is 2.29. The molecule has 1 aromatic heterocycles. The average Bonchev–Trinajstić information content (AvgIpc) is 3.09. The molecule has 0 saturated carbocycles. The van der Waals surface area contributed by atoms with E-state index in [1.807, 2.05) is 5.38 Å². The molecular formula is C16H16N2O4S. The molecule has 7 heteroatoms. The van der Waals surface area contributed by atoms with Crippen LogP contribution < -0.4 is 10.6 Å². The van der Waals surface area contributed by atoms with Gasteiger partial charge in [0.15, 0.2) is 6.10 Å². The number of amides is 2. The molecule has 2 aromatic rings. The van der Waals surface area contributed by atoms with Crippen molar-refractivity contribution in [2.75, 3.05) is 12.4 Å². The lowest BCUT2D eigenvalue weighted by Crippen LogP contribution is -2.33. The molecule has 1 heterocycles. The molecule has 0 radical (unpaired) electrons. The Bertz CT molecular complexity index is 695. The highest BCUT2D eigenvalue weighted by atomic mass is 32.1. The molecule has 2 amide bonds. The number of ether oxygens (including phenoxy) is 1. The lowest BCUT2D eigenvalue weighted by molar-refractivity contribution is -0.128. The number of hydrogen-bond donors (Lipinski definition) is 2. The lowest BCUT2D eigenvalue weighted by atomic mass is 10.2. The number of thiophene rings is 1. The van der Waals surface area contributed by atoms with Gasteiger partial charge in [-0.1, -0.05) is 6.07 Å². The van der Waals surface area contributed by atoms with Crippen molar-refractivity contribution in [3.63, 3.8) is 0 Å². The van der Waals surface area contributed by atoms with Gasteiger partial charge in [0, 0.05) is 12.7 Å². The van der Waals surface area contributed by atoms with Crippen molar-refractivity contribution in [3.05, 3.63) is 52.2 Å². The molecule has 0 saturated heterocycles. The number of rotatable bonds is 5. The van der Waals surface area contributed by atoms with Crippen LogP contribution in [0.5, 0.6) is 0 Å². The molecule has 1 atom stereocenters. The van der Waals surface area contributed by atoms with Gasteiger partial charge >= 0.3 is 5.97 Å². The quantitative estimate of drug-likeness (QED) is 0.823. The number of nitrogens with one attached hydrogen (secondary N) is 2. The number of benzene rings is 1. The topological polar surface area (TPSA) is 84.5 Å². The Morgan fingerprint density at radius 2 is 1.83 bits per heavy atom. The van der Waals surface area contributed by atoms with E-state index in [9.17, 15) is 14.4 Å². The van der Waals surface area contributed by atoms with Crippen LogP contribution in [-0.4, -0.2) is 30.9 Å². The first-order valence-corrected chi connectivity index (χ1v) is 7.76. The fourth-order valence-electron chi connectivity index (χ4n) is 1.78. The van der Waals surface area contributed by atoms with Crippen molar-refractivity contribution in [2.45, 2.75) is 13.0 Å². The Balaban J connectivity index is 1.97. The molecule has 0 unspecified atom stereocenters. The van der Waals surface area contributed by atoms with Crippen molar-refractivity contribution in [3.8, 4) is 0 Å². The zero-order valence-electron chi connectivity index (χ0n) is 12.7. The maximum atomic E-state index is 11.9. The van der Waals surface area contributed by atoms with E-state index in [2.05, 4.69) is 10.6 Å². The van der Waals surface area contributed by atoms with Crippen LogP contribution in [0.1, 0.15) is 27.0 Å². The monoisotopic (exact) mass is 332 g/mol. The SMILES string of the molecule is CNC(=O)[C@H](C)OC(=O)c1ccc(NC(=O)c2cccs2)cc1. The molecule has 0 spiro atoms. The van der Waals surface area contributed by atoms with Crippen LogP contribution in [0.15, 0.2) is 41.8 Å². The summed E-state index contributed by atoms with van der Waals surface area (Å²) in [5.74, 6) is -1.18. The minimum Gasteiger partial charge on any atom is -0.449 e. The number of anilines is 1. The summed E-state index contributed by atoms with van der Waals surface area (Å²) in [4.78, 5) is 35.8. The summed E-state index contributed by atoms with van der Waals surface area (Å²) in [6, 6.07) is 9.80. The first kappa shape index (κ1) is 16.7. The van der Waals surface area contributed by atoms with E-state index in [4.69, 9.17) is 4.74 Å². The number of carbonyl (C=O) groups is 3. The summed E-state index contributed by atoms with van der Waals surface area (Å²) in [6.45, 7) is 1.49. The molecule has 0 aliphatic rings. The van der Waals surface area contributed by atoms with Crippen LogP contribution in [0.2, 0.25) is 0 Å². The minimum absolute atomic E-state index is 0.205. The van der Waals surface area contributed by atoms with E-state index >= 15 is 0 Å². The normalized spacial score (nSPS) is 11.4. The van der Waals surface area contributed by atoms with Crippen molar-refractivity contribution in [1.29, 1.82) is 0 Å². The van der Waals surface area contributed by atoms with Gasteiger partial charge in [-0.15, -0.1) is 11.3 Å². The summed E-state index contributed by atoms with van der Waals surface area (Å²) in [5.41, 5.74) is 0.870. The first-order valence-electron chi connectivity index (χ1n) is 6.88. The number of esters is 1. The molecule has 2 rings (SSSR count). The van der Waals surface area contributed by atoms with Crippen LogP contribution in [0, 0.1) is 0 Å². The number of likely N-dealkylation sites (N-methyl/N-ethyl adjacent to an activating group) is 1. The van der Waals surface area contributed by atoms with Gasteiger partial charge in [-0.05, 0) is 42.6 Å². The highest BCUT2D eigenvalue weighted by Gasteiger charge is 2.17. The summed E-state index contributed by atoms with van der Waals surface area (Å²) >= 11 is 1.35. The zero-order chi connectivity index (χ0) is 16.8. The van der Waals surface area contributed by atoms with E-state index in [-0.39, 0.29) is 11.8 Å². The Morgan fingerprint density at radius 3 is 2.39 bits per heavy atom. The highest BCUT2D eigenvalue weighted by Crippen LogP contribution is 2.15. The Labute approximate surface area is 137 Å². The Hall–Kier alpha value is -2.67. The third kappa shape index (κ3) is 4.40. The van der Waals surface area contributed by atoms with Gasteiger partial charge in [-0.3, -0.25) is 9.59 Å². The molecule has 0 aliphatic heterocycles. The fraction of sp³-hybridized carbons (Fsp3) is 0.188. The van der Waals surface area contributed by atoms with Gasteiger partial charge in [0.1, 0.15) is 0 Å². The molecule has 0 fully saturated rings. The lowest BCUT2D eigenvalue weighted by Gasteiger charge is -2.11. The van der Waals surface area contributed by atoms with Crippen molar-refractivity contribution < 1.29 is 19.1 Å². The first-order chi connectivity index (χ1) is 11.0. The maximum Gasteiger partial charge on any atom is 0.338 e. The Kier molecular flexibility index (Phi) is 5.48. The zero-order valence-corrected chi connectivity index (χ0v) is 13.5. The van der Waals surface area contributed by atoms with Crippen LogP contribution in [-0.2, 0) is 9.53 Å². The molecule has 0 aliphatic carbocycles. The second-order valence-electron chi connectivity index (χ2n) is 4.67. The summed E-state index contributed by atoms with van der Waals surface area (Å²) in [6.07, 6.45) is -0.870. The van der Waals surface area contributed by atoms with Gasteiger partial charge in [-0.25, -0.2) is 4.79 Å². The molecule has 120 valence electrons. The summed E-state index contributed by atoms with van der Waals surface area (Å²) < 4.78 is 5.03. The van der Waals surface area contributed by atoms with E-state index in [0.717, 1.165) is 0 Å². The number of carbonyl (C=O) groups excluding carboxylic acids is 3. The molecule has 2 N–H and O–H groups in total. The van der Waals surface area contributed by atoms with Gasteiger partial charge in [-0.2, -0.15) is 0 Å². The van der Waals surface area contributed by atoms with Gasteiger partial charge in [0.25, 0.3) is 11.8 Å². The molecule has 6 nitrogen and oxygen atoms in total. The molecule has 1 aromatic carbocycles. The third-order valence-electron chi connectivity index (χ3n) is 3.02. The van der Waals surface area contributed by atoms with Gasteiger partial charge in [0.05, 0.1) is 10.4 Å². The second-order valence-corrected chi connectivity index (χ2v) is 5.62. The van der Waals surface area contributed by atoms with Crippen LogP contribution in [0.25, 0.3) is 0 Å². The van der Waals surface area contributed by atoms with E-state index in [1.165, 1.54) is 37.4 Å². The number of hydrogen-bond acceptors (Lipinski definition) is 5. The highest BCUT2D eigenvalue weighted by molar-refractivity contribution is 7.12. The van der Waals surface area contributed by atoms with E-state index < -0.39 is 12.1 Å². The average molecular weight is 332 g/mol. The van der Waals surface area contributed by atoms with Crippen LogP contribution >= 0.6 is 11.3 Å². The molecular weight excluding hydrogens is 316 g/mol. The summed E-state index contributed by atoms with van der Waals surface area (Å²) in [5, 5.41) is 6.96. The van der Waals surface area contributed by atoms with Crippen LogP contribution in [0.3, 0.4) is 0 Å². The standard InChI is InChI=1S/C16H16N2O4S/c1-10(14(19)17-2)22-16(21)11-5-7-12(8-6-11)18-15(20)13-4-3-9-23-13/h3-10H,1-2H3,(H,17,19)(H,18,20)/t10-/m0/s1. The largest absolute Gasteiger partial charge is 0.449 e. The van der Waals surface area contributed by atoms with Crippen molar-refractivity contribution in [1.82, 2.24) is 5.32 Å². The van der Waals surface area contributed by atoms with E-state index in [1.54, 1.807) is 24.3 Å². The molecule has 0 bridgehead atoms. The third-order valence-corrected chi connectivity index (χ3v) is 3.89. The minimum atomic E-state index is -0.870.